The number of carbonyl (C=O) groups is 2. The maximum absolute atomic E-state index is 12.4. The molecule has 1 radical (unpaired) electrons. The summed E-state index contributed by atoms with van der Waals surface area (Å²) in [5, 5.41) is 3.72. The van der Waals surface area contributed by atoms with Crippen LogP contribution in [-0.4, -0.2) is 38.0 Å². The Labute approximate surface area is 197 Å². The summed E-state index contributed by atoms with van der Waals surface area (Å²) in [5.74, 6) is -0.910. The van der Waals surface area contributed by atoms with Gasteiger partial charge in [-0.2, -0.15) is 0 Å². The Bertz CT molecular complexity index is 1290. The summed E-state index contributed by atoms with van der Waals surface area (Å²) < 4.78 is 0.334. The molecule has 2 aliphatic rings. The summed E-state index contributed by atoms with van der Waals surface area (Å²) in [6.07, 6.45) is 1.65. The number of nitrogens with one attached hydrogen (secondary N) is 1. The van der Waals surface area contributed by atoms with Crippen LogP contribution in [0, 0.1) is 0 Å². The zero-order chi connectivity index (χ0) is 21.8. The van der Waals surface area contributed by atoms with Gasteiger partial charge in [-0.1, -0.05) is 6.07 Å². The second-order valence-electron chi connectivity index (χ2n) is 7.91. The number of carbonyl (C=O) groups excluding carboxylic acids is 2. The van der Waals surface area contributed by atoms with Gasteiger partial charge < -0.3 is 0 Å². The van der Waals surface area contributed by atoms with Crippen molar-refractivity contribution in [2.24, 2.45) is 4.99 Å². The van der Waals surface area contributed by atoms with Crippen LogP contribution in [-0.2, 0) is 15.0 Å². The number of rotatable bonds is 2. The standard InChI is InChI=1S/C24H18N3O2STe/c1-24(2)17-10-6-7-11-19(17)27(14-8-4-3-5-9-14)22-18(24)13-15(30-22)12-16-20(28)25-23(31)26-21(16)29/h3-13H,1-2H3,(H,25,26,28,29). The fourth-order valence-corrected chi connectivity index (χ4v) is 5.88. The van der Waals surface area contributed by atoms with Crippen LogP contribution in [0.1, 0.15) is 29.9 Å². The SMILES string of the molecule is CC1(C)c2ccccc2N(c2ccccc2)c2sc(/C=C3/C(=O)N=C([Te])NC3=O)cc21. The van der Waals surface area contributed by atoms with Gasteiger partial charge in [0.25, 0.3) is 0 Å². The molecule has 0 atom stereocenters. The van der Waals surface area contributed by atoms with Crippen LogP contribution >= 0.6 is 11.3 Å². The molecule has 0 aliphatic carbocycles. The van der Waals surface area contributed by atoms with Crippen LogP contribution in [0.15, 0.2) is 71.2 Å². The average molecular weight is 540 g/mol. The van der Waals surface area contributed by atoms with E-state index >= 15 is 0 Å². The number of fused-ring (bicyclic) bond motifs is 2. The van der Waals surface area contributed by atoms with Crippen LogP contribution in [0.25, 0.3) is 6.08 Å². The van der Waals surface area contributed by atoms with Crippen molar-refractivity contribution < 1.29 is 9.59 Å². The molecule has 0 unspecified atom stereocenters. The molecule has 0 fully saturated rings. The van der Waals surface area contributed by atoms with Crippen LogP contribution in [0.3, 0.4) is 0 Å². The number of nitrogens with zero attached hydrogens (tertiary/aromatic N) is 2. The molecule has 5 rings (SSSR count). The Hall–Kier alpha value is -2.72. The number of para-hydroxylation sites is 2. The van der Waals surface area contributed by atoms with Gasteiger partial charge in [-0.25, -0.2) is 0 Å². The van der Waals surface area contributed by atoms with Crippen molar-refractivity contribution in [2.45, 2.75) is 19.3 Å². The normalized spacial score (nSPS) is 18.3. The quantitative estimate of drug-likeness (QED) is 0.298. The van der Waals surface area contributed by atoms with Crippen molar-refractivity contribution in [2.75, 3.05) is 4.90 Å². The number of hydrogen-bond acceptors (Lipinski definition) is 4. The third kappa shape index (κ3) is 3.34. The molecule has 7 heteroatoms. The van der Waals surface area contributed by atoms with Gasteiger partial charge in [0.1, 0.15) is 0 Å². The van der Waals surface area contributed by atoms with Crippen molar-refractivity contribution in [3.8, 4) is 0 Å². The first-order chi connectivity index (χ1) is 14.9. The van der Waals surface area contributed by atoms with Crippen molar-refractivity contribution >= 4 is 71.8 Å². The second-order valence-corrected chi connectivity index (χ2v) is 10.1. The van der Waals surface area contributed by atoms with E-state index in [0.717, 1.165) is 26.8 Å². The van der Waals surface area contributed by atoms with Gasteiger partial charge in [-0.05, 0) is 0 Å². The number of aliphatic imine (C=N–C) groups is 1. The van der Waals surface area contributed by atoms with Crippen LogP contribution in [0.4, 0.5) is 16.4 Å². The van der Waals surface area contributed by atoms with E-state index in [4.69, 9.17) is 0 Å². The minimum absolute atomic E-state index is 0.0625. The van der Waals surface area contributed by atoms with Gasteiger partial charge >= 0.3 is 192 Å². The Morgan fingerprint density at radius 1 is 1.03 bits per heavy atom. The van der Waals surface area contributed by atoms with Gasteiger partial charge in [0, 0.05) is 0 Å². The molecule has 2 aliphatic heterocycles. The van der Waals surface area contributed by atoms with Gasteiger partial charge in [0.2, 0.25) is 0 Å². The van der Waals surface area contributed by atoms with Crippen LogP contribution < -0.4 is 10.2 Å². The molecule has 1 aromatic heterocycles. The van der Waals surface area contributed by atoms with E-state index in [-0.39, 0.29) is 11.0 Å². The van der Waals surface area contributed by atoms with Crippen LogP contribution in [0.5, 0.6) is 0 Å². The fraction of sp³-hybridized carbons (Fsp3) is 0.125. The molecule has 5 nitrogen and oxygen atoms in total. The predicted octanol–water partition coefficient (Wildman–Crippen LogP) is 4.42. The predicted molar refractivity (Wildman–Crippen MR) is 125 cm³/mol. The average Bonchev–Trinajstić information content (AvgIpc) is 3.16. The number of amidine groups is 1. The first kappa shape index (κ1) is 20.2. The summed E-state index contributed by atoms with van der Waals surface area (Å²) in [5.41, 5.74) is 4.44. The molecule has 3 aromatic rings. The van der Waals surface area contributed by atoms with E-state index < -0.39 is 11.8 Å². The van der Waals surface area contributed by atoms with Gasteiger partial charge in [0.15, 0.2) is 0 Å². The monoisotopic (exact) mass is 542 g/mol. The number of thiophene rings is 1. The van der Waals surface area contributed by atoms with Crippen molar-refractivity contribution in [3.63, 3.8) is 0 Å². The van der Waals surface area contributed by atoms with Crippen LogP contribution in [0.2, 0.25) is 0 Å². The summed E-state index contributed by atoms with van der Waals surface area (Å²) in [6, 6.07) is 20.8. The Balaban J connectivity index is 1.70. The summed E-state index contributed by atoms with van der Waals surface area (Å²) in [4.78, 5) is 31.7. The Morgan fingerprint density at radius 3 is 2.48 bits per heavy atom. The molecule has 2 amide bonds. The molecule has 0 bridgehead atoms. The third-order valence-electron chi connectivity index (χ3n) is 5.63. The van der Waals surface area contributed by atoms with E-state index in [0.29, 0.717) is 3.88 Å². The molecule has 0 saturated carbocycles. The van der Waals surface area contributed by atoms with Crippen molar-refractivity contribution in [1.29, 1.82) is 0 Å². The molecular weight excluding hydrogens is 522 g/mol. The molecule has 1 N–H and O–H groups in total. The van der Waals surface area contributed by atoms with Gasteiger partial charge in [-0.15, -0.1) is 0 Å². The molecular formula is C24H18N3O2STe. The third-order valence-corrected chi connectivity index (χ3v) is 7.24. The topological polar surface area (TPSA) is 61.8 Å². The molecule has 0 spiro atoms. The molecule has 3 heterocycles. The van der Waals surface area contributed by atoms with Crippen molar-refractivity contribution in [1.82, 2.24) is 5.32 Å². The van der Waals surface area contributed by atoms with E-state index in [1.165, 1.54) is 27.9 Å². The zero-order valence-corrected chi connectivity index (χ0v) is 20.0. The fourth-order valence-electron chi connectivity index (χ4n) is 4.08. The number of amides is 2. The first-order valence-electron chi connectivity index (χ1n) is 9.78. The number of anilines is 3. The maximum atomic E-state index is 12.4. The number of benzene rings is 2. The molecule has 0 saturated heterocycles. The van der Waals surface area contributed by atoms with E-state index in [2.05, 4.69) is 71.5 Å². The molecule has 31 heavy (non-hydrogen) atoms. The first-order valence-corrected chi connectivity index (χ1v) is 11.8. The molecule has 153 valence electrons. The van der Waals surface area contributed by atoms with Gasteiger partial charge in [0.05, 0.1) is 0 Å². The van der Waals surface area contributed by atoms with E-state index in [9.17, 15) is 9.59 Å². The second kappa shape index (κ2) is 7.45. The summed E-state index contributed by atoms with van der Waals surface area (Å²) in [6.45, 7) is 4.42. The van der Waals surface area contributed by atoms with E-state index in [1.54, 1.807) is 17.4 Å². The minimum atomic E-state index is -0.502. The molecule has 2 aromatic carbocycles. The summed E-state index contributed by atoms with van der Waals surface area (Å²) in [7, 11) is 0. The van der Waals surface area contributed by atoms with Gasteiger partial charge in [-0.3, -0.25) is 0 Å². The number of hydrogen-bond donors (Lipinski definition) is 1. The Morgan fingerprint density at radius 2 is 1.74 bits per heavy atom. The van der Waals surface area contributed by atoms with Crippen molar-refractivity contribution in [3.05, 3.63) is 82.2 Å². The van der Waals surface area contributed by atoms with E-state index in [1.807, 2.05) is 18.2 Å². The Kier molecular flexibility index (Phi) is 4.86. The zero-order valence-electron chi connectivity index (χ0n) is 16.9. The summed E-state index contributed by atoms with van der Waals surface area (Å²) >= 11 is 3.10.